The Morgan fingerprint density at radius 2 is 1.71 bits per heavy atom. The first-order chi connectivity index (χ1) is 13.4. The van der Waals surface area contributed by atoms with E-state index < -0.39 is 0 Å². The number of aryl methyl sites for hydroxylation is 3. The average Bonchev–Trinajstić information content (AvgIpc) is 3.15. The van der Waals surface area contributed by atoms with Crippen LogP contribution >= 0.6 is 0 Å². The monoisotopic (exact) mass is 380 g/mol. The van der Waals surface area contributed by atoms with Crippen molar-refractivity contribution in [2.45, 2.75) is 40.0 Å². The molecule has 5 nitrogen and oxygen atoms in total. The van der Waals surface area contributed by atoms with Crippen LogP contribution in [0.1, 0.15) is 46.3 Å². The highest BCUT2D eigenvalue weighted by Crippen LogP contribution is 2.24. The van der Waals surface area contributed by atoms with Gasteiger partial charge in [0, 0.05) is 13.1 Å². The molecule has 0 bridgehead atoms. The van der Waals surface area contributed by atoms with Gasteiger partial charge in [0.1, 0.15) is 5.75 Å². The Hall–Kier alpha value is -2.82. The third kappa shape index (κ3) is 4.91. The van der Waals surface area contributed by atoms with Gasteiger partial charge in [-0.3, -0.25) is 9.59 Å². The van der Waals surface area contributed by atoms with E-state index in [9.17, 15) is 9.59 Å². The van der Waals surface area contributed by atoms with Crippen LogP contribution in [0, 0.1) is 20.8 Å². The number of nitrogens with zero attached hydrogens (tertiary/aromatic N) is 1. The lowest BCUT2D eigenvalue weighted by molar-refractivity contribution is -0.116. The Labute approximate surface area is 166 Å². The molecule has 1 saturated heterocycles. The molecule has 28 heavy (non-hydrogen) atoms. The molecule has 2 aromatic carbocycles. The van der Waals surface area contributed by atoms with Gasteiger partial charge in [0.2, 0.25) is 5.91 Å². The van der Waals surface area contributed by atoms with Gasteiger partial charge in [-0.1, -0.05) is 18.2 Å². The molecular formula is C23H28N2O3. The normalized spacial score (nSPS) is 13.5. The van der Waals surface area contributed by atoms with Crippen molar-refractivity contribution in [3.63, 3.8) is 0 Å². The van der Waals surface area contributed by atoms with Crippen LogP contribution in [0.5, 0.6) is 5.75 Å². The quantitative estimate of drug-likeness (QED) is 0.815. The molecule has 1 N–H and O–H groups in total. The maximum atomic E-state index is 12.9. The molecule has 1 heterocycles. The summed E-state index contributed by atoms with van der Waals surface area (Å²) in [5.74, 6) is 0.605. The second-order valence-corrected chi connectivity index (χ2v) is 7.47. The molecule has 1 aliphatic heterocycles. The summed E-state index contributed by atoms with van der Waals surface area (Å²) >= 11 is 0. The standard InChI is InChI=1S/C23H28N2O3/c1-16-13-17(2)15-19(14-16)28-12-9-21(26)24-20-8-6-7-18(3)22(20)23(27)25-10-4-5-11-25/h6-8,13-15H,4-5,9-12H2,1-3H3,(H,24,26). The van der Waals surface area contributed by atoms with E-state index in [0.29, 0.717) is 11.3 Å². The summed E-state index contributed by atoms with van der Waals surface area (Å²) in [5, 5.41) is 2.90. The number of nitrogens with one attached hydrogen (secondary N) is 1. The second kappa shape index (κ2) is 8.91. The summed E-state index contributed by atoms with van der Waals surface area (Å²) in [4.78, 5) is 27.2. The van der Waals surface area contributed by atoms with Crippen LogP contribution in [-0.4, -0.2) is 36.4 Å². The number of carbonyl (C=O) groups excluding carboxylic acids is 2. The highest BCUT2D eigenvalue weighted by atomic mass is 16.5. The maximum absolute atomic E-state index is 12.9. The van der Waals surface area contributed by atoms with Crippen molar-refractivity contribution in [2.75, 3.05) is 25.0 Å². The second-order valence-electron chi connectivity index (χ2n) is 7.47. The molecule has 3 rings (SSSR count). The predicted octanol–water partition coefficient (Wildman–Crippen LogP) is 4.26. The van der Waals surface area contributed by atoms with Gasteiger partial charge < -0.3 is 15.0 Å². The SMILES string of the molecule is Cc1cc(C)cc(OCCC(=O)Nc2cccc(C)c2C(=O)N2CCCC2)c1. The van der Waals surface area contributed by atoms with Gasteiger partial charge in [-0.2, -0.15) is 0 Å². The molecule has 1 aliphatic rings. The Bertz CT molecular complexity index is 850. The number of rotatable bonds is 6. The number of carbonyl (C=O) groups is 2. The lowest BCUT2D eigenvalue weighted by atomic mass is 10.0. The van der Waals surface area contributed by atoms with Gasteiger partial charge in [0.25, 0.3) is 5.91 Å². The lowest BCUT2D eigenvalue weighted by Gasteiger charge is -2.19. The summed E-state index contributed by atoms with van der Waals surface area (Å²) < 4.78 is 5.72. The number of likely N-dealkylation sites (tertiary alicyclic amines) is 1. The molecule has 2 amide bonds. The number of ether oxygens (including phenoxy) is 1. The zero-order chi connectivity index (χ0) is 20.1. The van der Waals surface area contributed by atoms with Crippen molar-refractivity contribution in [3.05, 3.63) is 58.7 Å². The Morgan fingerprint density at radius 1 is 1.04 bits per heavy atom. The number of hydrogen-bond acceptors (Lipinski definition) is 3. The lowest BCUT2D eigenvalue weighted by Crippen LogP contribution is -2.29. The van der Waals surface area contributed by atoms with Gasteiger partial charge in [0.15, 0.2) is 0 Å². The molecule has 0 unspecified atom stereocenters. The van der Waals surface area contributed by atoms with Gasteiger partial charge in [-0.15, -0.1) is 0 Å². The smallest absolute Gasteiger partial charge is 0.256 e. The number of hydrogen-bond donors (Lipinski definition) is 1. The molecule has 0 aromatic heterocycles. The fraction of sp³-hybridized carbons (Fsp3) is 0.391. The molecule has 0 saturated carbocycles. The Morgan fingerprint density at radius 3 is 2.39 bits per heavy atom. The molecule has 0 spiro atoms. The van der Waals surface area contributed by atoms with Crippen molar-refractivity contribution >= 4 is 17.5 Å². The van der Waals surface area contributed by atoms with Gasteiger partial charge in [0.05, 0.1) is 24.3 Å². The van der Waals surface area contributed by atoms with Crippen LogP contribution in [-0.2, 0) is 4.79 Å². The molecule has 5 heteroatoms. The van der Waals surface area contributed by atoms with Crippen LogP contribution in [0.15, 0.2) is 36.4 Å². The van der Waals surface area contributed by atoms with Gasteiger partial charge in [-0.25, -0.2) is 0 Å². The molecule has 0 aliphatic carbocycles. The third-order valence-electron chi connectivity index (χ3n) is 4.95. The minimum Gasteiger partial charge on any atom is -0.493 e. The topological polar surface area (TPSA) is 58.6 Å². The van der Waals surface area contributed by atoms with Crippen LogP contribution < -0.4 is 10.1 Å². The number of benzene rings is 2. The Kier molecular flexibility index (Phi) is 6.34. The highest BCUT2D eigenvalue weighted by molar-refractivity contribution is 6.05. The zero-order valence-electron chi connectivity index (χ0n) is 16.9. The summed E-state index contributed by atoms with van der Waals surface area (Å²) in [6.07, 6.45) is 2.29. The Balaban J connectivity index is 1.62. The fourth-order valence-corrected chi connectivity index (χ4v) is 3.62. The molecule has 1 fully saturated rings. The van der Waals surface area contributed by atoms with Crippen molar-refractivity contribution in [3.8, 4) is 5.75 Å². The fourth-order valence-electron chi connectivity index (χ4n) is 3.62. The molecule has 148 valence electrons. The highest BCUT2D eigenvalue weighted by Gasteiger charge is 2.24. The maximum Gasteiger partial charge on any atom is 0.256 e. The van der Waals surface area contributed by atoms with E-state index in [1.54, 1.807) is 6.07 Å². The average molecular weight is 380 g/mol. The number of amides is 2. The van der Waals surface area contributed by atoms with Crippen LogP contribution in [0.4, 0.5) is 5.69 Å². The molecular weight excluding hydrogens is 352 g/mol. The van der Waals surface area contributed by atoms with Crippen LogP contribution in [0.2, 0.25) is 0 Å². The summed E-state index contributed by atoms with van der Waals surface area (Å²) in [5.41, 5.74) is 4.30. The molecule has 0 atom stereocenters. The minimum absolute atomic E-state index is 0.00242. The van der Waals surface area contributed by atoms with E-state index in [-0.39, 0.29) is 24.8 Å². The number of anilines is 1. The summed E-state index contributed by atoms with van der Waals surface area (Å²) in [6.45, 7) is 7.79. The van der Waals surface area contributed by atoms with E-state index in [4.69, 9.17) is 4.74 Å². The molecule has 0 radical (unpaired) electrons. The van der Waals surface area contributed by atoms with Crippen molar-refractivity contribution in [2.24, 2.45) is 0 Å². The van der Waals surface area contributed by atoms with E-state index in [1.807, 2.05) is 49.9 Å². The summed E-state index contributed by atoms with van der Waals surface area (Å²) in [7, 11) is 0. The largest absolute Gasteiger partial charge is 0.493 e. The van der Waals surface area contributed by atoms with Crippen molar-refractivity contribution in [1.29, 1.82) is 0 Å². The van der Waals surface area contributed by atoms with Gasteiger partial charge in [-0.05, 0) is 68.5 Å². The van der Waals surface area contributed by atoms with E-state index in [0.717, 1.165) is 48.4 Å². The third-order valence-corrected chi connectivity index (χ3v) is 4.95. The van der Waals surface area contributed by atoms with Crippen molar-refractivity contribution in [1.82, 2.24) is 4.90 Å². The minimum atomic E-state index is -0.162. The van der Waals surface area contributed by atoms with E-state index in [2.05, 4.69) is 11.4 Å². The van der Waals surface area contributed by atoms with E-state index >= 15 is 0 Å². The van der Waals surface area contributed by atoms with Gasteiger partial charge >= 0.3 is 0 Å². The first-order valence-corrected chi connectivity index (χ1v) is 9.84. The first kappa shape index (κ1) is 19.9. The first-order valence-electron chi connectivity index (χ1n) is 9.84. The van der Waals surface area contributed by atoms with E-state index in [1.165, 1.54) is 0 Å². The van der Waals surface area contributed by atoms with Crippen LogP contribution in [0.25, 0.3) is 0 Å². The molecule has 2 aromatic rings. The predicted molar refractivity (Wildman–Crippen MR) is 111 cm³/mol. The zero-order valence-corrected chi connectivity index (χ0v) is 16.9. The van der Waals surface area contributed by atoms with Crippen molar-refractivity contribution < 1.29 is 14.3 Å². The summed E-state index contributed by atoms with van der Waals surface area (Å²) in [6, 6.07) is 11.5. The van der Waals surface area contributed by atoms with Crippen LogP contribution in [0.3, 0.4) is 0 Å².